The van der Waals surface area contributed by atoms with Gasteiger partial charge in [0.2, 0.25) is 0 Å². The SMILES string of the molecule is O=C1c2ccc(-c3cn[nH]c3)cc2C(=O)c2ccc(-c3cn[nH]c3)cc21. The number of benzene rings is 2. The van der Waals surface area contributed by atoms with Gasteiger partial charge in [-0.05, 0) is 35.4 Å². The fourth-order valence-electron chi connectivity index (χ4n) is 3.33. The zero-order chi connectivity index (χ0) is 17.7. The average molecular weight is 340 g/mol. The topological polar surface area (TPSA) is 91.5 Å². The van der Waals surface area contributed by atoms with Crippen molar-refractivity contribution in [3.8, 4) is 22.3 Å². The first-order valence-corrected chi connectivity index (χ1v) is 8.08. The number of hydrogen-bond acceptors (Lipinski definition) is 4. The second kappa shape index (κ2) is 5.35. The Morgan fingerprint density at radius 1 is 0.577 bits per heavy atom. The number of hydrogen-bond donors (Lipinski definition) is 2. The van der Waals surface area contributed by atoms with Gasteiger partial charge in [-0.2, -0.15) is 10.2 Å². The molecule has 4 aromatic rings. The lowest BCUT2D eigenvalue weighted by Gasteiger charge is -2.18. The Balaban J connectivity index is 1.65. The third kappa shape index (κ3) is 2.05. The van der Waals surface area contributed by atoms with Crippen molar-refractivity contribution in [2.24, 2.45) is 0 Å². The van der Waals surface area contributed by atoms with Crippen molar-refractivity contribution in [1.29, 1.82) is 0 Å². The van der Waals surface area contributed by atoms with E-state index in [0.717, 1.165) is 22.3 Å². The molecular formula is C20H12N4O2. The van der Waals surface area contributed by atoms with Crippen molar-refractivity contribution in [2.45, 2.75) is 0 Å². The summed E-state index contributed by atoms with van der Waals surface area (Å²) in [5.41, 5.74) is 5.14. The lowest BCUT2D eigenvalue weighted by molar-refractivity contribution is 0.0979. The number of fused-ring (bicyclic) bond motifs is 2. The van der Waals surface area contributed by atoms with Gasteiger partial charge in [-0.25, -0.2) is 0 Å². The minimum Gasteiger partial charge on any atom is -0.289 e. The van der Waals surface area contributed by atoms with E-state index in [1.54, 1.807) is 49.1 Å². The van der Waals surface area contributed by atoms with E-state index < -0.39 is 0 Å². The highest BCUT2D eigenvalue weighted by Gasteiger charge is 2.30. The van der Waals surface area contributed by atoms with Crippen molar-refractivity contribution in [3.63, 3.8) is 0 Å². The van der Waals surface area contributed by atoms with E-state index in [1.807, 2.05) is 12.1 Å². The first kappa shape index (κ1) is 14.5. The molecule has 6 heteroatoms. The summed E-state index contributed by atoms with van der Waals surface area (Å²) >= 11 is 0. The number of aromatic amines is 2. The molecule has 0 saturated heterocycles. The molecule has 1 aliphatic rings. The summed E-state index contributed by atoms with van der Waals surface area (Å²) < 4.78 is 0. The summed E-state index contributed by atoms with van der Waals surface area (Å²) in [6, 6.07) is 10.6. The molecular weight excluding hydrogens is 328 g/mol. The van der Waals surface area contributed by atoms with Gasteiger partial charge in [-0.15, -0.1) is 0 Å². The van der Waals surface area contributed by atoms with Gasteiger partial charge < -0.3 is 0 Å². The summed E-state index contributed by atoms with van der Waals surface area (Å²) in [4.78, 5) is 26.0. The maximum Gasteiger partial charge on any atom is 0.194 e. The van der Waals surface area contributed by atoms with Crippen LogP contribution in [0.4, 0.5) is 0 Å². The van der Waals surface area contributed by atoms with E-state index in [0.29, 0.717) is 22.3 Å². The van der Waals surface area contributed by atoms with Gasteiger partial charge >= 0.3 is 0 Å². The van der Waals surface area contributed by atoms with Crippen LogP contribution in [0.15, 0.2) is 61.2 Å². The summed E-state index contributed by atoms with van der Waals surface area (Å²) in [5.74, 6) is -0.280. The molecule has 26 heavy (non-hydrogen) atoms. The molecule has 0 bridgehead atoms. The van der Waals surface area contributed by atoms with E-state index >= 15 is 0 Å². The van der Waals surface area contributed by atoms with Crippen molar-refractivity contribution in [3.05, 3.63) is 83.4 Å². The molecule has 0 aliphatic heterocycles. The normalized spacial score (nSPS) is 12.8. The van der Waals surface area contributed by atoms with Crippen molar-refractivity contribution in [2.75, 3.05) is 0 Å². The first-order chi connectivity index (χ1) is 12.7. The summed E-state index contributed by atoms with van der Waals surface area (Å²) in [7, 11) is 0. The number of carbonyl (C=O) groups is 2. The van der Waals surface area contributed by atoms with Crippen LogP contribution in [-0.2, 0) is 0 Å². The highest BCUT2D eigenvalue weighted by atomic mass is 16.1. The third-order valence-corrected chi connectivity index (χ3v) is 4.68. The molecule has 2 N–H and O–H groups in total. The molecule has 2 aromatic carbocycles. The van der Waals surface area contributed by atoms with Crippen LogP contribution in [0.25, 0.3) is 22.3 Å². The lowest BCUT2D eigenvalue weighted by Crippen LogP contribution is -2.21. The zero-order valence-electron chi connectivity index (χ0n) is 13.5. The fraction of sp³-hybridized carbons (Fsp3) is 0. The van der Waals surface area contributed by atoms with Crippen LogP contribution in [0.1, 0.15) is 31.8 Å². The van der Waals surface area contributed by atoms with E-state index in [2.05, 4.69) is 20.4 Å². The highest BCUT2D eigenvalue weighted by molar-refractivity contribution is 6.29. The van der Waals surface area contributed by atoms with Crippen LogP contribution < -0.4 is 0 Å². The number of nitrogens with zero attached hydrogens (tertiary/aromatic N) is 2. The van der Waals surface area contributed by atoms with Gasteiger partial charge in [0.25, 0.3) is 0 Å². The van der Waals surface area contributed by atoms with Crippen LogP contribution in [0.5, 0.6) is 0 Å². The molecule has 0 fully saturated rings. The van der Waals surface area contributed by atoms with Crippen LogP contribution in [-0.4, -0.2) is 32.0 Å². The molecule has 0 atom stereocenters. The van der Waals surface area contributed by atoms with E-state index in [-0.39, 0.29) is 11.6 Å². The summed E-state index contributed by atoms with van der Waals surface area (Å²) in [6.45, 7) is 0. The Hall–Kier alpha value is -3.80. The number of carbonyl (C=O) groups excluding carboxylic acids is 2. The molecule has 5 rings (SSSR count). The standard InChI is InChI=1S/C20H12N4O2/c25-19-15-3-1-11(13-7-21-22-8-13)5-17(15)20(26)16-4-2-12(6-18(16)19)14-9-23-24-10-14/h1-10H,(H,21,22)(H,23,24). The molecule has 1 aliphatic carbocycles. The van der Waals surface area contributed by atoms with Gasteiger partial charge in [0.05, 0.1) is 12.4 Å². The average Bonchev–Trinajstić information content (AvgIpc) is 3.39. The number of H-pyrrole nitrogens is 2. The van der Waals surface area contributed by atoms with Gasteiger partial charge in [-0.1, -0.05) is 12.1 Å². The minimum atomic E-state index is -0.140. The number of aromatic nitrogens is 4. The van der Waals surface area contributed by atoms with Gasteiger partial charge in [0.15, 0.2) is 11.6 Å². The number of nitrogens with one attached hydrogen (secondary N) is 2. The molecule has 0 unspecified atom stereocenters. The Bertz CT molecular complexity index is 1070. The van der Waals surface area contributed by atoms with Gasteiger partial charge in [0.1, 0.15) is 0 Å². The molecule has 0 amide bonds. The predicted octanol–water partition coefficient (Wildman–Crippen LogP) is 3.24. The van der Waals surface area contributed by atoms with Crippen molar-refractivity contribution in [1.82, 2.24) is 20.4 Å². The zero-order valence-corrected chi connectivity index (χ0v) is 13.5. The summed E-state index contributed by atoms with van der Waals surface area (Å²) in [5, 5.41) is 13.4. The molecule has 6 nitrogen and oxygen atoms in total. The maximum atomic E-state index is 13.0. The second-order valence-electron chi connectivity index (χ2n) is 6.15. The van der Waals surface area contributed by atoms with Gasteiger partial charge in [0, 0.05) is 45.8 Å². The molecule has 2 heterocycles. The van der Waals surface area contributed by atoms with Crippen LogP contribution in [0.3, 0.4) is 0 Å². The Kier molecular flexibility index (Phi) is 2.99. The fourth-order valence-corrected chi connectivity index (χ4v) is 3.33. The smallest absolute Gasteiger partial charge is 0.194 e. The number of ketones is 2. The van der Waals surface area contributed by atoms with Crippen molar-refractivity contribution < 1.29 is 9.59 Å². The minimum absolute atomic E-state index is 0.140. The largest absolute Gasteiger partial charge is 0.289 e. The molecule has 0 saturated carbocycles. The second-order valence-corrected chi connectivity index (χ2v) is 6.15. The predicted molar refractivity (Wildman–Crippen MR) is 94.9 cm³/mol. The first-order valence-electron chi connectivity index (χ1n) is 8.08. The van der Waals surface area contributed by atoms with Crippen LogP contribution in [0, 0.1) is 0 Å². The highest BCUT2D eigenvalue weighted by Crippen LogP contribution is 2.32. The molecule has 0 radical (unpaired) electrons. The molecule has 0 spiro atoms. The molecule has 124 valence electrons. The summed E-state index contributed by atoms with van der Waals surface area (Å²) in [6.07, 6.45) is 6.87. The van der Waals surface area contributed by atoms with E-state index in [4.69, 9.17) is 0 Å². The Morgan fingerprint density at radius 2 is 1.04 bits per heavy atom. The van der Waals surface area contributed by atoms with E-state index in [9.17, 15) is 9.59 Å². The number of rotatable bonds is 2. The van der Waals surface area contributed by atoms with Crippen LogP contribution in [0.2, 0.25) is 0 Å². The monoisotopic (exact) mass is 340 g/mol. The maximum absolute atomic E-state index is 13.0. The van der Waals surface area contributed by atoms with Gasteiger partial charge in [-0.3, -0.25) is 19.8 Å². The molecule has 2 aromatic heterocycles. The third-order valence-electron chi connectivity index (χ3n) is 4.68. The Morgan fingerprint density at radius 3 is 1.42 bits per heavy atom. The quantitative estimate of drug-likeness (QED) is 0.516. The lowest BCUT2D eigenvalue weighted by atomic mass is 9.82. The van der Waals surface area contributed by atoms with E-state index in [1.165, 1.54) is 0 Å². The Labute approximate surface area is 147 Å². The van der Waals surface area contributed by atoms with Crippen LogP contribution >= 0.6 is 0 Å². The van der Waals surface area contributed by atoms with Crippen molar-refractivity contribution >= 4 is 11.6 Å².